The van der Waals surface area contributed by atoms with E-state index >= 15 is 0 Å². The Morgan fingerprint density at radius 3 is 0.818 bits per heavy atom. The monoisotopic (exact) mass is 778 g/mol. The second-order valence-electron chi connectivity index (χ2n) is 18.0. The lowest BCUT2D eigenvalue weighted by atomic mass is 10.0. The van der Waals surface area contributed by atoms with Crippen molar-refractivity contribution in [3.63, 3.8) is 0 Å². The van der Waals surface area contributed by atoms with E-state index in [-0.39, 0.29) is 12.5 Å². The van der Waals surface area contributed by atoms with Crippen LogP contribution in [0.25, 0.3) is 0 Å². The van der Waals surface area contributed by atoms with Crippen molar-refractivity contribution in [3.8, 4) is 0 Å². The predicted octanol–water partition coefficient (Wildman–Crippen LogP) is 16.4. The van der Waals surface area contributed by atoms with Gasteiger partial charge in [0.2, 0.25) is 5.91 Å². The molecule has 0 aliphatic carbocycles. The zero-order valence-electron chi connectivity index (χ0n) is 38.0. The molecule has 0 spiro atoms. The van der Waals surface area contributed by atoms with Crippen LogP contribution in [-0.2, 0) is 4.79 Å². The Labute approximate surface area is 346 Å². The molecule has 2 atom stereocenters. The fourth-order valence-electron chi connectivity index (χ4n) is 8.42. The molecular weight excluding hydrogens is 675 g/mol. The third-order valence-electron chi connectivity index (χ3n) is 12.4. The maximum atomic E-state index is 12.4. The minimum Gasteiger partial charge on any atom is -0.394 e. The molecular formula is C51H103NO3. The third kappa shape index (κ3) is 44.3. The van der Waals surface area contributed by atoms with E-state index in [9.17, 15) is 15.0 Å². The van der Waals surface area contributed by atoms with Crippen LogP contribution >= 0.6 is 0 Å². The minimum atomic E-state index is -0.653. The summed E-state index contributed by atoms with van der Waals surface area (Å²) in [4.78, 5) is 12.4. The zero-order valence-corrected chi connectivity index (χ0v) is 38.0. The van der Waals surface area contributed by atoms with E-state index < -0.39 is 12.1 Å². The highest BCUT2D eigenvalue weighted by molar-refractivity contribution is 5.76. The first kappa shape index (κ1) is 54.4. The molecule has 1 amide bonds. The van der Waals surface area contributed by atoms with Crippen LogP contribution in [0.3, 0.4) is 0 Å². The van der Waals surface area contributed by atoms with Gasteiger partial charge in [-0.25, -0.2) is 0 Å². The van der Waals surface area contributed by atoms with Crippen LogP contribution in [0.1, 0.15) is 303 Å². The second kappa shape index (κ2) is 47.8. The molecule has 4 nitrogen and oxygen atoms in total. The summed E-state index contributed by atoms with van der Waals surface area (Å²) in [6, 6.07) is -0.530. The quantitative estimate of drug-likeness (QED) is 0.0539. The van der Waals surface area contributed by atoms with E-state index in [1.807, 2.05) is 0 Å². The molecule has 0 aromatic carbocycles. The van der Waals surface area contributed by atoms with Crippen molar-refractivity contribution >= 4 is 5.91 Å². The van der Waals surface area contributed by atoms with Crippen LogP contribution in [0.5, 0.6) is 0 Å². The predicted molar refractivity (Wildman–Crippen MR) is 244 cm³/mol. The van der Waals surface area contributed by atoms with Crippen LogP contribution in [0.4, 0.5) is 0 Å². The number of aliphatic hydroxyl groups is 2. The summed E-state index contributed by atoms with van der Waals surface area (Å²) in [5.74, 6) is -0.0237. The van der Waals surface area contributed by atoms with E-state index in [1.54, 1.807) is 0 Å². The first-order valence-electron chi connectivity index (χ1n) is 25.7. The molecule has 0 bridgehead atoms. The van der Waals surface area contributed by atoms with Gasteiger partial charge < -0.3 is 15.5 Å². The Morgan fingerprint density at radius 2 is 0.582 bits per heavy atom. The number of carbonyl (C=O) groups excluding carboxylic acids is 1. The molecule has 0 saturated carbocycles. The molecule has 0 heterocycles. The molecule has 0 saturated heterocycles. The number of hydrogen-bond donors (Lipinski definition) is 3. The van der Waals surface area contributed by atoms with E-state index in [0.29, 0.717) is 12.8 Å². The van der Waals surface area contributed by atoms with E-state index in [4.69, 9.17) is 0 Å². The molecule has 55 heavy (non-hydrogen) atoms. The van der Waals surface area contributed by atoms with Gasteiger partial charge >= 0.3 is 0 Å². The summed E-state index contributed by atoms with van der Waals surface area (Å²) >= 11 is 0. The Morgan fingerprint density at radius 1 is 0.364 bits per heavy atom. The first-order chi connectivity index (χ1) is 27.2. The number of carbonyl (C=O) groups is 1. The van der Waals surface area contributed by atoms with Gasteiger partial charge in [0, 0.05) is 6.42 Å². The fraction of sp³-hybridized carbons (Fsp3) is 0.980. The van der Waals surface area contributed by atoms with Gasteiger partial charge in [-0.3, -0.25) is 4.79 Å². The molecule has 2 unspecified atom stereocenters. The highest BCUT2D eigenvalue weighted by Crippen LogP contribution is 2.18. The number of unbranched alkanes of at least 4 members (excludes halogenated alkanes) is 41. The zero-order chi connectivity index (χ0) is 40.0. The summed E-state index contributed by atoms with van der Waals surface area (Å²) in [7, 11) is 0. The third-order valence-corrected chi connectivity index (χ3v) is 12.4. The fourth-order valence-corrected chi connectivity index (χ4v) is 8.42. The van der Waals surface area contributed by atoms with Crippen molar-refractivity contribution < 1.29 is 15.0 Å². The highest BCUT2D eigenvalue weighted by Gasteiger charge is 2.20. The standard InChI is InChI=1S/C51H103NO3/c1-3-5-7-9-11-13-15-17-19-20-21-22-23-24-25-26-27-28-29-30-31-33-35-37-39-41-43-45-47-51(55)52-49(48-53)50(54)46-44-42-40-38-36-34-32-18-16-14-12-10-8-6-4-2/h49-50,53-54H,3-48H2,1-2H3,(H,52,55). The molecule has 4 heteroatoms. The van der Waals surface area contributed by atoms with Gasteiger partial charge in [-0.2, -0.15) is 0 Å². The average molecular weight is 778 g/mol. The Kier molecular flexibility index (Phi) is 47.2. The largest absolute Gasteiger partial charge is 0.394 e. The molecule has 330 valence electrons. The summed E-state index contributed by atoms with van der Waals surface area (Å²) < 4.78 is 0. The molecule has 0 aromatic heterocycles. The molecule has 0 radical (unpaired) electrons. The summed E-state index contributed by atoms with van der Waals surface area (Å²) in [5.41, 5.74) is 0. The first-order valence-corrected chi connectivity index (χ1v) is 25.7. The number of amides is 1. The van der Waals surface area contributed by atoms with Gasteiger partial charge in [-0.05, 0) is 12.8 Å². The number of nitrogens with one attached hydrogen (secondary N) is 1. The van der Waals surface area contributed by atoms with Gasteiger partial charge in [0.1, 0.15) is 0 Å². The number of rotatable bonds is 48. The molecule has 0 aliphatic heterocycles. The Hall–Kier alpha value is -0.610. The van der Waals surface area contributed by atoms with Crippen molar-refractivity contribution in [2.45, 2.75) is 315 Å². The van der Waals surface area contributed by atoms with Crippen molar-refractivity contribution in [1.29, 1.82) is 0 Å². The van der Waals surface area contributed by atoms with Crippen molar-refractivity contribution in [1.82, 2.24) is 5.32 Å². The lowest BCUT2D eigenvalue weighted by Crippen LogP contribution is -2.45. The normalized spacial score (nSPS) is 12.7. The van der Waals surface area contributed by atoms with E-state index in [1.165, 1.54) is 250 Å². The maximum Gasteiger partial charge on any atom is 0.220 e. The van der Waals surface area contributed by atoms with Crippen LogP contribution in [0.15, 0.2) is 0 Å². The molecule has 0 aliphatic rings. The van der Waals surface area contributed by atoms with Crippen molar-refractivity contribution in [2.24, 2.45) is 0 Å². The Balaban J connectivity index is 3.39. The lowest BCUT2D eigenvalue weighted by molar-refractivity contribution is -0.123. The summed E-state index contributed by atoms with van der Waals surface area (Å²) in [6.07, 6.45) is 59.3. The summed E-state index contributed by atoms with van der Waals surface area (Å²) in [6.45, 7) is 4.39. The number of aliphatic hydroxyl groups excluding tert-OH is 2. The van der Waals surface area contributed by atoms with Gasteiger partial charge in [0.05, 0.1) is 18.8 Å². The van der Waals surface area contributed by atoms with Crippen molar-refractivity contribution in [2.75, 3.05) is 6.61 Å². The minimum absolute atomic E-state index is 0.0237. The van der Waals surface area contributed by atoms with E-state index in [2.05, 4.69) is 19.2 Å². The topological polar surface area (TPSA) is 69.6 Å². The van der Waals surface area contributed by atoms with Gasteiger partial charge in [0.15, 0.2) is 0 Å². The lowest BCUT2D eigenvalue weighted by Gasteiger charge is -2.22. The molecule has 0 rings (SSSR count). The number of hydrogen-bond acceptors (Lipinski definition) is 3. The highest BCUT2D eigenvalue weighted by atomic mass is 16.3. The van der Waals surface area contributed by atoms with Crippen LogP contribution in [0.2, 0.25) is 0 Å². The van der Waals surface area contributed by atoms with Crippen molar-refractivity contribution in [3.05, 3.63) is 0 Å². The molecule has 3 N–H and O–H groups in total. The van der Waals surface area contributed by atoms with Gasteiger partial charge in [-0.1, -0.05) is 284 Å². The van der Waals surface area contributed by atoms with Crippen LogP contribution < -0.4 is 5.32 Å². The SMILES string of the molecule is CCCCCCCCCCCCCCCCCCCCCCCCCCCCCCC(=O)NC(CO)C(O)CCCCCCCCCCCCCCCCC. The maximum absolute atomic E-state index is 12.4. The van der Waals surface area contributed by atoms with Gasteiger partial charge in [0.25, 0.3) is 0 Å². The smallest absolute Gasteiger partial charge is 0.220 e. The second-order valence-corrected chi connectivity index (χ2v) is 18.0. The molecule has 0 fully saturated rings. The van der Waals surface area contributed by atoms with Crippen LogP contribution in [0, 0.1) is 0 Å². The molecule has 0 aromatic rings. The average Bonchev–Trinajstić information content (AvgIpc) is 3.19. The van der Waals surface area contributed by atoms with Crippen LogP contribution in [-0.4, -0.2) is 34.9 Å². The Bertz CT molecular complexity index is 714. The summed E-state index contributed by atoms with van der Waals surface area (Å²) in [5, 5.41) is 23.2. The van der Waals surface area contributed by atoms with E-state index in [0.717, 1.165) is 25.7 Å². The van der Waals surface area contributed by atoms with Gasteiger partial charge in [-0.15, -0.1) is 0 Å².